The molecule has 21 heavy (non-hydrogen) atoms. The van der Waals surface area contributed by atoms with Gasteiger partial charge in [-0.05, 0) is 30.2 Å². The van der Waals surface area contributed by atoms with Crippen molar-refractivity contribution in [1.29, 1.82) is 0 Å². The van der Waals surface area contributed by atoms with E-state index < -0.39 is 6.10 Å². The lowest BCUT2D eigenvalue weighted by Crippen LogP contribution is -2.22. The Morgan fingerprint density at radius 3 is 2.81 bits per heavy atom. The van der Waals surface area contributed by atoms with Crippen LogP contribution in [0.3, 0.4) is 0 Å². The fraction of sp³-hybridized carbons (Fsp3) is 0.562. The first-order valence-corrected chi connectivity index (χ1v) is 7.31. The highest BCUT2D eigenvalue weighted by molar-refractivity contribution is 5.77. The van der Waals surface area contributed by atoms with Gasteiger partial charge in [0, 0.05) is 13.0 Å². The number of cyclic esters (lactones) is 1. The molecule has 5 nitrogen and oxygen atoms in total. The van der Waals surface area contributed by atoms with E-state index in [-0.39, 0.29) is 5.97 Å². The maximum Gasteiger partial charge on any atom is 0.347 e. The van der Waals surface area contributed by atoms with Gasteiger partial charge in [-0.1, -0.05) is 19.9 Å². The number of benzene rings is 1. The van der Waals surface area contributed by atoms with Crippen molar-refractivity contribution in [3.63, 3.8) is 0 Å². The molecule has 1 fully saturated rings. The summed E-state index contributed by atoms with van der Waals surface area (Å²) in [6.07, 6.45) is 0.0513. The number of ether oxygens (including phenoxy) is 3. The summed E-state index contributed by atoms with van der Waals surface area (Å²) in [6, 6.07) is 5.77. The first kappa shape index (κ1) is 15.6. The quantitative estimate of drug-likeness (QED) is 0.781. The van der Waals surface area contributed by atoms with Crippen molar-refractivity contribution in [3.8, 4) is 11.5 Å². The van der Waals surface area contributed by atoms with Crippen molar-refractivity contribution in [3.05, 3.63) is 23.8 Å². The molecule has 0 spiro atoms. The Hall–Kier alpha value is -1.75. The molecule has 116 valence electrons. The van der Waals surface area contributed by atoms with Crippen molar-refractivity contribution in [2.75, 3.05) is 20.3 Å². The highest BCUT2D eigenvalue weighted by atomic mass is 16.6. The average Bonchev–Trinajstić information content (AvgIpc) is 2.84. The molecular formula is C16H23NO4. The highest BCUT2D eigenvalue weighted by Gasteiger charge is 2.29. The maximum atomic E-state index is 11.5. The molecule has 2 rings (SSSR count). The topological polar surface area (TPSA) is 56.8 Å². The molecule has 0 aromatic heterocycles. The number of hydrogen-bond acceptors (Lipinski definition) is 5. The Labute approximate surface area is 125 Å². The predicted molar refractivity (Wildman–Crippen MR) is 79.5 cm³/mol. The average molecular weight is 293 g/mol. The number of rotatable bonds is 7. The monoisotopic (exact) mass is 293 g/mol. The van der Waals surface area contributed by atoms with Gasteiger partial charge in [-0.25, -0.2) is 4.79 Å². The van der Waals surface area contributed by atoms with Crippen LogP contribution < -0.4 is 14.8 Å². The van der Waals surface area contributed by atoms with Crippen LogP contribution in [-0.4, -0.2) is 32.3 Å². The molecule has 1 unspecified atom stereocenters. The lowest BCUT2D eigenvalue weighted by molar-refractivity contribution is -0.143. The normalized spacial score (nSPS) is 17.9. The van der Waals surface area contributed by atoms with Gasteiger partial charge in [-0.3, -0.25) is 0 Å². The Kier molecular flexibility index (Phi) is 5.44. The zero-order chi connectivity index (χ0) is 15.2. The van der Waals surface area contributed by atoms with Crippen LogP contribution in [0.2, 0.25) is 0 Å². The number of methoxy groups -OCH3 is 1. The SMILES string of the molecule is COc1ccc(CNCC(C)C)cc1OC1CCOC1=O. The minimum absolute atomic E-state index is 0.305. The predicted octanol–water partition coefficient (Wildman–Crippen LogP) is 2.14. The van der Waals surface area contributed by atoms with Crippen LogP contribution in [0.4, 0.5) is 0 Å². The summed E-state index contributed by atoms with van der Waals surface area (Å²) in [6.45, 7) is 6.47. The Morgan fingerprint density at radius 1 is 1.38 bits per heavy atom. The maximum absolute atomic E-state index is 11.5. The number of carbonyl (C=O) groups is 1. The molecule has 1 aromatic rings. The van der Waals surface area contributed by atoms with E-state index in [1.165, 1.54) is 0 Å². The fourth-order valence-electron chi connectivity index (χ4n) is 2.17. The highest BCUT2D eigenvalue weighted by Crippen LogP contribution is 2.30. The molecule has 5 heteroatoms. The van der Waals surface area contributed by atoms with Crippen LogP contribution in [0.15, 0.2) is 18.2 Å². The van der Waals surface area contributed by atoms with E-state index in [0.29, 0.717) is 30.4 Å². The second kappa shape index (κ2) is 7.31. The lowest BCUT2D eigenvalue weighted by Gasteiger charge is -2.15. The minimum Gasteiger partial charge on any atom is -0.493 e. The number of carbonyl (C=O) groups excluding carboxylic acids is 1. The number of nitrogens with one attached hydrogen (secondary N) is 1. The van der Waals surface area contributed by atoms with E-state index in [1.807, 2.05) is 18.2 Å². The van der Waals surface area contributed by atoms with E-state index in [2.05, 4.69) is 19.2 Å². The van der Waals surface area contributed by atoms with Gasteiger partial charge >= 0.3 is 5.97 Å². The van der Waals surface area contributed by atoms with Crippen LogP contribution in [0, 0.1) is 5.92 Å². The third kappa shape index (κ3) is 4.36. The third-order valence-corrected chi connectivity index (χ3v) is 3.27. The summed E-state index contributed by atoms with van der Waals surface area (Å²) in [5.74, 6) is 1.51. The molecule has 0 amide bonds. The Bertz CT molecular complexity index is 487. The molecule has 1 saturated heterocycles. The largest absolute Gasteiger partial charge is 0.493 e. The second-order valence-corrected chi connectivity index (χ2v) is 5.57. The third-order valence-electron chi connectivity index (χ3n) is 3.27. The lowest BCUT2D eigenvalue weighted by atomic mass is 10.1. The zero-order valence-electron chi connectivity index (χ0n) is 12.8. The molecule has 0 saturated carbocycles. The standard InChI is InChI=1S/C16H23NO4/c1-11(2)9-17-10-12-4-5-13(19-3)15(8-12)21-14-6-7-20-16(14)18/h4-5,8,11,14,17H,6-7,9-10H2,1-3H3. The van der Waals surface area contributed by atoms with E-state index in [4.69, 9.17) is 14.2 Å². The fourth-order valence-corrected chi connectivity index (χ4v) is 2.17. The van der Waals surface area contributed by atoms with Gasteiger partial charge in [0.05, 0.1) is 13.7 Å². The van der Waals surface area contributed by atoms with Crippen molar-refractivity contribution in [2.24, 2.45) is 5.92 Å². The minimum atomic E-state index is -0.530. The number of hydrogen-bond donors (Lipinski definition) is 1. The molecule has 1 atom stereocenters. The van der Waals surface area contributed by atoms with Crippen molar-refractivity contribution in [1.82, 2.24) is 5.32 Å². The van der Waals surface area contributed by atoms with Gasteiger partial charge in [-0.2, -0.15) is 0 Å². The van der Waals surface area contributed by atoms with E-state index in [1.54, 1.807) is 7.11 Å². The van der Waals surface area contributed by atoms with E-state index in [0.717, 1.165) is 18.7 Å². The molecule has 1 aromatic carbocycles. The van der Waals surface area contributed by atoms with Crippen LogP contribution in [0.5, 0.6) is 11.5 Å². The van der Waals surface area contributed by atoms with Gasteiger partial charge in [0.15, 0.2) is 17.6 Å². The smallest absolute Gasteiger partial charge is 0.347 e. The first-order chi connectivity index (χ1) is 10.1. The van der Waals surface area contributed by atoms with E-state index >= 15 is 0 Å². The summed E-state index contributed by atoms with van der Waals surface area (Å²) >= 11 is 0. The molecule has 1 heterocycles. The van der Waals surface area contributed by atoms with Gasteiger partial charge < -0.3 is 19.5 Å². The van der Waals surface area contributed by atoms with Crippen LogP contribution in [0.25, 0.3) is 0 Å². The van der Waals surface area contributed by atoms with Gasteiger partial charge in [-0.15, -0.1) is 0 Å². The van der Waals surface area contributed by atoms with Crippen LogP contribution >= 0.6 is 0 Å². The summed E-state index contributed by atoms with van der Waals surface area (Å²) < 4.78 is 16.0. The second-order valence-electron chi connectivity index (χ2n) is 5.57. The van der Waals surface area contributed by atoms with Gasteiger partial charge in [0.25, 0.3) is 0 Å². The van der Waals surface area contributed by atoms with Gasteiger partial charge in [0.2, 0.25) is 0 Å². The first-order valence-electron chi connectivity index (χ1n) is 7.31. The summed E-state index contributed by atoms with van der Waals surface area (Å²) in [5, 5.41) is 3.38. The molecule has 1 aliphatic heterocycles. The molecule has 0 radical (unpaired) electrons. The van der Waals surface area contributed by atoms with Crippen molar-refractivity contribution < 1.29 is 19.0 Å². The number of esters is 1. The van der Waals surface area contributed by atoms with Crippen LogP contribution in [0.1, 0.15) is 25.8 Å². The molecule has 0 bridgehead atoms. The summed E-state index contributed by atoms with van der Waals surface area (Å²) in [4.78, 5) is 11.5. The summed E-state index contributed by atoms with van der Waals surface area (Å²) in [7, 11) is 1.59. The van der Waals surface area contributed by atoms with Crippen molar-refractivity contribution >= 4 is 5.97 Å². The Balaban J connectivity index is 2.04. The Morgan fingerprint density at radius 2 is 2.19 bits per heavy atom. The van der Waals surface area contributed by atoms with Crippen molar-refractivity contribution in [2.45, 2.75) is 32.9 Å². The molecular weight excluding hydrogens is 270 g/mol. The van der Waals surface area contributed by atoms with Gasteiger partial charge in [0.1, 0.15) is 0 Å². The summed E-state index contributed by atoms with van der Waals surface area (Å²) in [5.41, 5.74) is 1.10. The zero-order valence-corrected chi connectivity index (χ0v) is 12.8. The molecule has 1 N–H and O–H groups in total. The molecule has 0 aliphatic carbocycles. The van der Waals surface area contributed by atoms with E-state index in [9.17, 15) is 4.79 Å². The molecule has 1 aliphatic rings. The van der Waals surface area contributed by atoms with Crippen LogP contribution in [-0.2, 0) is 16.1 Å².